The van der Waals surface area contributed by atoms with Crippen molar-refractivity contribution >= 4 is 58.3 Å². The number of halogens is 4. The van der Waals surface area contributed by atoms with Crippen LogP contribution in [0.2, 0.25) is 0 Å². The third kappa shape index (κ3) is 40.8. The molecule has 12 rings (SSSR count). The Hall–Kier alpha value is -4.58. The zero-order valence-corrected chi connectivity index (χ0v) is 78.7. The molecule has 18 nitrogen and oxygen atoms in total. The second-order valence-corrected chi connectivity index (χ2v) is 41.9. The average molecular weight is 1730 g/mol. The van der Waals surface area contributed by atoms with Crippen LogP contribution in [0.25, 0.3) is 0 Å². The van der Waals surface area contributed by atoms with Crippen LogP contribution in [0, 0.1) is 29.6 Å². The number of carbonyl (C=O) groups excluding carboxylic acids is 5. The van der Waals surface area contributed by atoms with E-state index in [0.29, 0.717) is 50.1 Å². The molecule has 4 amide bonds. The van der Waals surface area contributed by atoms with Gasteiger partial charge in [-0.3, -0.25) is 9.59 Å². The van der Waals surface area contributed by atoms with Gasteiger partial charge in [-0.15, -0.1) is 0 Å². The van der Waals surface area contributed by atoms with Crippen molar-refractivity contribution in [3.8, 4) is 0 Å². The number of ketones is 1. The number of piperidine rings is 2. The highest BCUT2D eigenvalue weighted by molar-refractivity contribution is 7.87. The molecule has 6 aliphatic heterocycles. The summed E-state index contributed by atoms with van der Waals surface area (Å²) in [6.07, 6.45) is 67.4. The van der Waals surface area contributed by atoms with Crippen molar-refractivity contribution in [2.75, 3.05) is 65.4 Å². The molecule has 7 fully saturated rings. The normalized spacial score (nSPS) is 25.0. The van der Waals surface area contributed by atoms with Gasteiger partial charge >= 0.3 is 46.4 Å². The van der Waals surface area contributed by atoms with Gasteiger partial charge in [-0.2, -0.15) is 21.6 Å². The largest absolute Gasteiger partial charge is 0.534 e. The van der Waals surface area contributed by atoms with Gasteiger partial charge in [0, 0.05) is 71.6 Å². The van der Waals surface area contributed by atoms with E-state index in [9.17, 15) is 45.6 Å². The van der Waals surface area contributed by atoms with Crippen molar-refractivity contribution in [2.24, 2.45) is 29.6 Å². The van der Waals surface area contributed by atoms with E-state index in [2.05, 4.69) is 33.8 Å². The molecule has 0 aromatic heterocycles. The van der Waals surface area contributed by atoms with Gasteiger partial charge in [-0.25, -0.2) is 14.4 Å². The van der Waals surface area contributed by atoms with Crippen LogP contribution in [0.1, 0.15) is 392 Å². The van der Waals surface area contributed by atoms with Crippen LogP contribution in [0.15, 0.2) is 58.3 Å². The third-order valence-electron chi connectivity index (χ3n) is 25.7. The molecule has 120 heavy (non-hydrogen) atoms. The van der Waals surface area contributed by atoms with Crippen molar-refractivity contribution in [1.82, 2.24) is 24.9 Å². The monoisotopic (exact) mass is 1730 g/mol. The van der Waals surface area contributed by atoms with Crippen LogP contribution in [-0.2, 0) is 42.6 Å². The number of Topliss-reactive ketones (excluding diaryl/α,β-unsaturated/α-hetero) is 1. The lowest BCUT2D eigenvalue weighted by Gasteiger charge is -2.36. The molecule has 4 saturated carbocycles. The number of likely N-dealkylation sites (tertiary alicyclic amines) is 1. The van der Waals surface area contributed by atoms with Gasteiger partial charge in [0.25, 0.3) is 0 Å². The maximum absolute atomic E-state index is 12.2. The number of nitrogens with one attached hydrogen (secondary N) is 1. The van der Waals surface area contributed by atoms with E-state index in [1.165, 1.54) is 241 Å². The van der Waals surface area contributed by atoms with Gasteiger partial charge in [0.2, 0.25) is 0 Å². The highest BCUT2D eigenvalue weighted by atomic mass is 35.5. The van der Waals surface area contributed by atoms with Crippen molar-refractivity contribution in [3.05, 3.63) is 58.3 Å². The number of hydrogen-bond donors (Lipinski definition) is 1. The topological polar surface area (TPSA) is 200 Å². The summed E-state index contributed by atoms with van der Waals surface area (Å²) >= 11 is 5.61. The van der Waals surface area contributed by atoms with Crippen molar-refractivity contribution in [3.63, 3.8) is 0 Å². The summed E-state index contributed by atoms with van der Waals surface area (Å²) in [6.45, 7) is 33.9. The molecule has 24 heteroatoms. The first-order chi connectivity index (χ1) is 56.8. The number of hydrogen-bond acceptors (Lipinski definition) is 14. The maximum atomic E-state index is 12.2. The second-order valence-electron chi connectivity index (χ2n) is 40.0. The molecule has 0 aromatic rings. The van der Waals surface area contributed by atoms with Gasteiger partial charge in [-0.05, 0) is 283 Å². The molecular formula is C96H164BClF3N5O13S. The number of alkyl halides is 3. The first-order valence-electron chi connectivity index (χ1n) is 47.7. The number of allylic oxidation sites excluding steroid dienone is 3. The van der Waals surface area contributed by atoms with E-state index in [1.807, 2.05) is 105 Å². The Bertz CT molecular complexity index is 3290. The average Bonchev–Trinajstić information content (AvgIpc) is 1.62. The van der Waals surface area contributed by atoms with E-state index in [-0.39, 0.29) is 47.0 Å². The van der Waals surface area contributed by atoms with Crippen molar-refractivity contribution in [2.45, 2.75) is 425 Å². The Balaban J connectivity index is 0.000000220. The fourth-order valence-electron chi connectivity index (χ4n) is 18.2. The standard InChI is InChI=1S/C18H31NO2.C18H29NO2.C16H28BNO4.C14H24ClNO.C13H25N.C9H13F3O3S.C8H14O/c2*1-18(2,3)21-17(20)19-13-9-12-16(14-19)15-10-7-5-4-6-8-11-15;1-14(2,3)20-13(19)18-10-8-9-12(11-18)17-21-15(4,5)16(6,7)22-17;15-14(17)16-10-6-9-13(11-16)12-7-4-2-1-3-5-8-12;1-2-4-7-12(8-5-3-1)13-9-6-10-14-11-13;10-9(11,12)16(13,14)15-8-6-4-2-1-3-5-7-8;9-8-6-4-2-1-3-5-7-8/h12,15H,4-11,13-14H2,1-3H3;10,12H,4-9,11,13-14H2,1-3H3;9H,8,10-11H2,1-7H3;12-13H,1-11H2;12-14H,1-11H2;6H,1-5,7H2;1-7H2/b;15-10+;;;;8-6+;. The minimum absolute atomic E-state index is 0.0861. The summed E-state index contributed by atoms with van der Waals surface area (Å²) in [7, 11) is -5.89. The lowest BCUT2D eigenvalue weighted by Crippen LogP contribution is -2.42. The minimum atomic E-state index is -5.49. The molecule has 6 aliphatic carbocycles. The molecule has 1 N–H and O–H groups in total. The van der Waals surface area contributed by atoms with Crippen LogP contribution in [-0.4, -0.2) is 164 Å². The zero-order chi connectivity index (χ0) is 87.8. The fraction of sp³-hybridized carbons (Fsp3) is 0.844. The number of ether oxygens (including phenoxy) is 3. The highest BCUT2D eigenvalue weighted by Crippen LogP contribution is 2.41. The van der Waals surface area contributed by atoms with E-state index >= 15 is 0 Å². The highest BCUT2D eigenvalue weighted by Gasteiger charge is 2.53. The van der Waals surface area contributed by atoms with Crippen LogP contribution in [0.3, 0.4) is 0 Å². The number of carbonyl (C=O) groups is 5. The Morgan fingerprint density at radius 3 is 1.32 bits per heavy atom. The molecular weight excluding hydrogens is 1570 g/mol. The molecule has 2 unspecified atom stereocenters. The SMILES string of the molecule is C1CCCC(C2CCCNC2)CCC1.CC(C)(C)OC(=O)N1CCC=C(/C2=C/CCCCCC2)C1.CC(C)(C)OC(=O)N1CCC=C(B2OC(C)(C)C(C)(C)O2)C1.CC(C)(C)OC(=O)N1CCC=C(C2CCCCCCC2)C1.O=C(Cl)N1CCCC(C2CCCCCCC2)C1.O=C1CCCCCCC1.O=S(=O)(O/C1=C/CCCCCC1)C(F)(F)F. The zero-order valence-electron chi connectivity index (χ0n) is 77.2. The Morgan fingerprint density at radius 1 is 0.442 bits per heavy atom. The maximum Gasteiger partial charge on any atom is 0.534 e. The molecule has 2 atom stereocenters. The van der Waals surface area contributed by atoms with Crippen molar-refractivity contribution < 1.29 is 73.3 Å². The van der Waals surface area contributed by atoms with E-state index < -0.39 is 39.5 Å². The smallest absolute Gasteiger partial charge is 0.444 e. The molecule has 0 radical (unpaired) electrons. The summed E-state index contributed by atoms with van der Waals surface area (Å²) in [5, 5.41) is 3.32. The number of amides is 4. The van der Waals surface area contributed by atoms with Crippen LogP contribution >= 0.6 is 11.6 Å². The summed E-state index contributed by atoms with van der Waals surface area (Å²) in [4.78, 5) is 66.1. The Kier molecular flexibility index (Phi) is 46.2. The lowest BCUT2D eigenvalue weighted by molar-refractivity contribution is -0.119. The molecule has 0 spiro atoms. The van der Waals surface area contributed by atoms with Crippen LogP contribution in [0.4, 0.5) is 32.3 Å². The Labute approximate surface area is 731 Å². The molecule has 0 bridgehead atoms. The van der Waals surface area contributed by atoms with Gasteiger partial charge in [0.15, 0.2) is 0 Å². The summed E-state index contributed by atoms with van der Waals surface area (Å²) < 4.78 is 90.2. The van der Waals surface area contributed by atoms with E-state index in [0.717, 1.165) is 133 Å². The van der Waals surface area contributed by atoms with E-state index in [4.69, 9.17) is 35.1 Å². The first-order valence-corrected chi connectivity index (χ1v) is 49.5. The van der Waals surface area contributed by atoms with Crippen molar-refractivity contribution in [1.29, 1.82) is 0 Å². The summed E-state index contributed by atoms with van der Waals surface area (Å²) in [5.74, 6) is 4.71. The van der Waals surface area contributed by atoms with Crippen LogP contribution in [0.5, 0.6) is 0 Å². The fourth-order valence-corrected chi connectivity index (χ4v) is 18.9. The number of rotatable bonds is 7. The predicted molar refractivity (Wildman–Crippen MR) is 481 cm³/mol. The lowest BCUT2D eigenvalue weighted by atomic mass is 9.76. The molecule has 0 aromatic carbocycles. The second kappa shape index (κ2) is 53.1. The van der Waals surface area contributed by atoms with Gasteiger partial charge < -0.3 is 52.6 Å². The quantitative estimate of drug-likeness (QED) is 0.0480. The molecule has 3 saturated heterocycles. The Morgan fingerprint density at radius 2 is 0.842 bits per heavy atom. The number of nitrogens with zero attached hydrogens (tertiary/aromatic N) is 4. The summed E-state index contributed by atoms with van der Waals surface area (Å²) in [5.41, 5.74) is -2.11. The third-order valence-corrected chi connectivity index (χ3v) is 26.9. The first kappa shape index (κ1) is 104. The minimum Gasteiger partial charge on any atom is -0.444 e. The predicted octanol–water partition coefficient (Wildman–Crippen LogP) is 26.1. The van der Waals surface area contributed by atoms with Crippen LogP contribution < -0.4 is 5.32 Å². The van der Waals surface area contributed by atoms with Gasteiger partial charge in [0.05, 0.1) is 11.2 Å². The van der Waals surface area contributed by atoms with Gasteiger partial charge in [0.1, 0.15) is 28.3 Å². The molecule has 6 heterocycles. The molecule has 12 aliphatic rings. The van der Waals surface area contributed by atoms with E-state index in [1.54, 1.807) is 4.90 Å². The molecule has 688 valence electrons. The van der Waals surface area contributed by atoms with Gasteiger partial charge in [-0.1, -0.05) is 197 Å². The summed E-state index contributed by atoms with van der Waals surface area (Å²) in [6, 6.07) is 0.